The normalized spacial score (nSPS) is 20.8. The monoisotopic (exact) mass is 384 g/mol. The van der Waals surface area contributed by atoms with E-state index in [0.29, 0.717) is 0 Å². The highest BCUT2D eigenvalue weighted by Crippen LogP contribution is 2.37. The molecule has 1 saturated heterocycles. The van der Waals surface area contributed by atoms with Gasteiger partial charge >= 0.3 is 12.1 Å². The van der Waals surface area contributed by atoms with Crippen LogP contribution < -0.4 is 4.74 Å². The number of carboxylic acids is 1. The van der Waals surface area contributed by atoms with Gasteiger partial charge in [-0.05, 0) is 6.07 Å². The zero-order valence-electron chi connectivity index (χ0n) is 12.8. The number of carbonyl (C=O) groups is 1. The lowest BCUT2D eigenvalue weighted by molar-refractivity contribution is -0.384. The first-order chi connectivity index (χ1) is 11.2. The average Bonchev–Trinajstić information content (AvgIpc) is 2.92. The summed E-state index contributed by atoms with van der Waals surface area (Å²) < 4.78 is 43.9. The van der Waals surface area contributed by atoms with Crippen molar-refractivity contribution >= 4 is 24.1 Å². The van der Waals surface area contributed by atoms with Crippen LogP contribution >= 0.6 is 12.4 Å². The molecule has 0 aromatic heterocycles. The molecule has 0 amide bonds. The number of nitrogens with zero attached hydrogens (tertiary/aromatic N) is 2. The number of halogens is 4. The SMILES string of the molecule is Cl.O=C(O)[C@@H]1CN(CCOc2cccc([N+](=O)[O-])c2)C[C@H]1C(F)(F)F. The van der Waals surface area contributed by atoms with Crippen LogP contribution in [-0.2, 0) is 4.79 Å². The minimum Gasteiger partial charge on any atom is -0.492 e. The Bertz CT molecular complexity index is 629. The molecule has 1 aromatic carbocycles. The second kappa shape index (κ2) is 8.34. The van der Waals surface area contributed by atoms with E-state index < -0.39 is 35.4 Å². The van der Waals surface area contributed by atoms with E-state index in [2.05, 4.69) is 0 Å². The summed E-state index contributed by atoms with van der Waals surface area (Å²) in [4.78, 5) is 22.4. The van der Waals surface area contributed by atoms with Gasteiger partial charge in [0.1, 0.15) is 12.4 Å². The molecule has 0 spiro atoms. The number of rotatable bonds is 6. The van der Waals surface area contributed by atoms with Gasteiger partial charge in [-0.3, -0.25) is 19.8 Å². The largest absolute Gasteiger partial charge is 0.492 e. The molecule has 1 aliphatic heterocycles. The van der Waals surface area contributed by atoms with E-state index >= 15 is 0 Å². The standard InChI is InChI=1S/C14H15F3N2O5.ClH/c15-14(16,17)12-8-18(7-11(12)13(20)21)4-5-24-10-3-1-2-9(6-10)19(22)23;/h1-3,6,11-12H,4-5,7-8H2,(H,20,21);1H/t11-,12-;/m1./s1. The Hall–Kier alpha value is -2.07. The average molecular weight is 385 g/mol. The summed E-state index contributed by atoms with van der Waals surface area (Å²) in [6.07, 6.45) is -4.57. The van der Waals surface area contributed by atoms with Gasteiger partial charge in [0.05, 0.1) is 22.8 Å². The minimum atomic E-state index is -4.57. The molecule has 0 unspecified atom stereocenters. The molecule has 11 heteroatoms. The van der Waals surface area contributed by atoms with Crippen LogP contribution in [-0.4, -0.2) is 53.3 Å². The Morgan fingerprint density at radius 1 is 1.40 bits per heavy atom. The van der Waals surface area contributed by atoms with E-state index in [-0.39, 0.29) is 43.5 Å². The second-order valence-corrected chi connectivity index (χ2v) is 5.46. The highest BCUT2D eigenvalue weighted by molar-refractivity contribution is 5.85. The molecular formula is C14H16ClF3N2O5. The third kappa shape index (κ3) is 5.46. The summed E-state index contributed by atoms with van der Waals surface area (Å²) >= 11 is 0. The Morgan fingerprint density at radius 3 is 2.60 bits per heavy atom. The molecule has 1 fully saturated rings. The Balaban J connectivity index is 0.00000312. The van der Waals surface area contributed by atoms with Gasteiger partial charge in [0.15, 0.2) is 0 Å². The Kier molecular flexibility index (Phi) is 7.00. The molecule has 1 aromatic rings. The van der Waals surface area contributed by atoms with Gasteiger partial charge < -0.3 is 9.84 Å². The van der Waals surface area contributed by atoms with Crippen molar-refractivity contribution in [1.29, 1.82) is 0 Å². The number of aliphatic carboxylic acids is 1. The number of alkyl halides is 3. The van der Waals surface area contributed by atoms with E-state index in [4.69, 9.17) is 9.84 Å². The van der Waals surface area contributed by atoms with E-state index in [1.54, 1.807) is 0 Å². The predicted octanol–water partition coefficient (Wildman–Crippen LogP) is 2.59. The van der Waals surface area contributed by atoms with Gasteiger partial charge in [0.25, 0.3) is 5.69 Å². The summed E-state index contributed by atoms with van der Waals surface area (Å²) in [5, 5.41) is 19.6. The number of nitro groups is 1. The Labute approximate surface area is 146 Å². The number of nitro benzene ring substituents is 1. The first-order valence-electron chi connectivity index (χ1n) is 7.07. The third-order valence-electron chi connectivity index (χ3n) is 3.84. The van der Waals surface area contributed by atoms with Crippen molar-refractivity contribution in [3.8, 4) is 5.75 Å². The van der Waals surface area contributed by atoms with Crippen molar-refractivity contribution in [2.75, 3.05) is 26.2 Å². The van der Waals surface area contributed by atoms with Crippen LogP contribution in [0.1, 0.15) is 0 Å². The lowest BCUT2D eigenvalue weighted by atomic mass is 9.96. The maximum Gasteiger partial charge on any atom is 0.393 e. The fourth-order valence-corrected chi connectivity index (χ4v) is 2.63. The number of hydrogen-bond donors (Lipinski definition) is 1. The van der Waals surface area contributed by atoms with Crippen LogP contribution in [0.4, 0.5) is 18.9 Å². The molecule has 140 valence electrons. The van der Waals surface area contributed by atoms with Crippen molar-refractivity contribution in [2.24, 2.45) is 11.8 Å². The molecule has 0 bridgehead atoms. The number of non-ortho nitro benzene ring substituents is 1. The van der Waals surface area contributed by atoms with E-state index in [9.17, 15) is 28.1 Å². The highest BCUT2D eigenvalue weighted by atomic mass is 35.5. The van der Waals surface area contributed by atoms with Gasteiger partial charge in [-0.2, -0.15) is 13.2 Å². The quantitative estimate of drug-likeness (QED) is 0.598. The van der Waals surface area contributed by atoms with Crippen molar-refractivity contribution in [2.45, 2.75) is 6.18 Å². The van der Waals surface area contributed by atoms with Crippen molar-refractivity contribution in [1.82, 2.24) is 4.90 Å². The lowest BCUT2D eigenvalue weighted by Gasteiger charge is -2.18. The fraction of sp³-hybridized carbons (Fsp3) is 0.500. The van der Waals surface area contributed by atoms with Crippen LogP contribution in [0.2, 0.25) is 0 Å². The van der Waals surface area contributed by atoms with E-state index in [0.717, 1.165) is 0 Å². The molecule has 7 nitrogen and oxygen atoms in total. The van der Waals surface area contributed by atoms with Crippen molar-refractivity contribution in [3.05, 3.63) is 34.4 Å². The summed E-state index contributed by atoms with van der Waals surface area (Å²) in [6.45, 7) is -0.520. The molecule has 0 aliphatic carbocycles. The first kappa shape index (κ1) is 21.0. The zero-order chi connectivity index (χ0) is 17.9. The lowest BCUT2D eigenvalue weighted by Crippen LogP contribution is -2.33. The number of hydrogen-bond acceptors (Lipinski definition) is 5. The van der Waals surface area contributed by atoms with Gasteiger partial charge in [0.2, 0.25) is 0 Å². The molecule has 2 atom stereocenters. The highest BCUT2D eigenvalue weighted by Gasteiger charge is 2.52. The molecule has 0 saturated carbocycles. The molecule has 2 rings (SSSR count). The molecule has 25 heavy (non-hydrogen) atoms. The zero-order valence-corrected chi connectivity index (χ0v) is 13.6. The van der Waals surface area contributed by atoms with Crippen LogP contribution in [0.25, 0.3) is 0 Å². The smallest absolute Gasteiger partial charge is 0.393 e. The molecule has 1 aliphatic rings. The summed E-state index contributed by atoms with van der Waals surface area (Å²) in [7, 11) is 0. The van der Waals surface area contributed by atoms with Gasteiger partial charge in [-0.1, -0.05) is 6.07 Å². The van der Waals surface area contributed by atoms with Gasteiger partial charge in [-0.15, -0.1) is 12.4 Å². The summed E-state index contributed by atoms with van der Waals surface area (Å²) in [6, 6.07) is 5.43. The summed E-state index contributed by atoms with van der Waals surface area (Å²) in [5.74, 6) is -4.65. The predicted molar refractivity (Wildman–Crippen MR) is 83.0 cm³/mol. The van der Waals surface area contributed by atoms with Crippen molar-refractivity contribution in [3.63, 3.8) is 0 Å². The number of benzene rings is 1. The van der Waals surface area contributed by atoms with Crippen LogP contribution in [0.3, 0.4) is 0 Å². The van der Waals surface area contributed by atoms with Gasteiger partial charge in [-0.25, -0.2) is 0 Å². The molecule has 1 heterocycles. The number of ether oxygens (including phenoxy) is 1. The van der Waals surface area contributed by atoms with Crippen LogP contribution in [0, 0.1) is 22.0 Å². The molecular weight excluding hydrogens is 369 g/mol. The minimum absolute atomic E-state index is 0. The first-order valence-corrected chi connectivity index (χ1v) is 7.07. The topological polar surface area (TPSA) is 92.9 Å². The van der Waals surface area contributed by atoms with E-state index in [1.807, 2.05) is 0 Å². The summed E-state index contributed by atoms with van der Waals surface area (Å²) in [5.41, 5.74) is -0.156. The van der Waals surface area contributed by atoms with E-state index in [1.165, 1.54) is 29.2 Å². The maximum atomic E-state index is 12.9. The second-order valence-electron chi connectivity index (χ2n) is 5.46. The number of carboxylic acid groups (broad SMARTS) is 1. The number of likely N-dealkylation sites (tertiary alicyclic amines) is 1. The van der Waals surface area contributed by atoms with Crippen molar-refractivity contribution < 1.29 is 32.7 Å². The van der Waals surface area contributed by atoms with Crippen LogP contribution in [0.5, 0.6) is 5.75 Å². The fourth-order valence-electron chi connectivity index (χ4n) is 2.63. The Morgan fingerprint density at radius 2 is 2.08 bits per heavy atom. The van der Waals surface area contributed by atoms with Crippen LogP contribution in [0.15, 0.2) is 24.3 Å². The molecule has 1 N–H and O–H groups in total. The molecule has 0 radical (unpaired) electrons. The maximum absolute atomic E-state index is 12.9. The third-order valence-corrected chi connectivity index (χ3v) is 3.84. The van der Waals surface area contributed by atoms with Gasteiger partial charge in [0, 0.05) is 25.7 Å².